The molecule has 0 fully saturated rings. The third-order valence-corrected chi connectivity index (χ3v) is 2.02. The van der Waals surface area contributed by atoms with E-state index in [0.29, 0.717) is 0 Å². The maximum atomic E-state index is 13.7. The summed E-state index contributed by atoms with van der Waals surface area (Å²) in [6, 6.07) is 5.87. The highest BCUT2D eigenvalue weighted by Crippen LogP contribution is 2.25. The second kappa shape index (κ2) is 4.82. The van der Waals surface area contributed by atoms with Gasteiger partial charge < -0.3 is 5.32 Å². The molecule has 0 aliphatic rings. The minimum Gasteiger partial charge on any atom is -0.348 e. The normalized spacial score (nSPS) is 11.2. The lowest BCUT2D eigenvalue weighted by Gasteiger charge is -2.15. The van der Waals surface area contributed by atoms with Crippen molar-refractivity contribution in [3.05, 3.63) is 48.5 Å². The number of halogens is 2. The number of hydrogen-bond acceptors (Lipinski definition) is 4. The SMILES string of the molecule is FC(F)(CNc1n[c]ccn1)c1ccccn1. The lowest BCUT2D eigenvalue weighted by molar-refractivity contribution is 0.00583. The van der Waals surface area contributed by atoms with Crippen molar-refractivity contribution in [1.82, 2.24) is 15.0 Å². The van der Waals surface area contributed by atoms with E-state index in [9.17, 15) is 8.78 Å². The maximum absolute atomic E-state index is 13.7. The van der Waals surface area contributed by atoms with Gasteiger partial charge in [0.05, 0.1) is 12.7 Å². The van der Waals surface area contributed by atoms with Crippen LogP contribution in [0.5, 0.6) is 0 Å². The smallest absolute Gasteiger partial charge is 0.306 e. The predicted molar refractivity (Wildman–Crippen MR) is 57.5 cm³/mol. The monoisotopic (exact) mass is 235 g/mol. The molecule has 0 aliphatic carbocycles. The number of nitrogens with zero attached hydrogens (tertiary/aromatic N) is 3. The zero-order valence-electron chi connectivity index (χ0n) is 8.77. The molecule has 0 saturated carbocycles. The number of nitrogens with one attached hydrogen (secondary N) is 1. The van der Waals surface area contributed by atoms with Gasteiger partial charge in [0.25, 0.3) is 0 Å². The second-order valence-electron chi connectivity index (χ2n) is 3.28. The summed E-state index contributed by atoms with van der Waals surface area (Å²) < 4.78 is 27.3. The van der Waals surface area contributed by atoms with Gasteiger partial charge in [0.15, 0.2) is 0 Å². The van der Waals surface area contributed by atoms with Crippen molar-refractivity contribution < 1.29 is 8.78 Å². The molecule has 0 unspecified atom stereocenters. The van der Waals surface area contributed by atoms with Gasteiger partial charge in [-0.1, -0.05) is 6.07 Å². The molecule has 0 aromatic carbocycles. The van der Waals surface area contributed by atoms with Crippen molar-refractivity contribution in [1.29, 1.82) is 0 Å². The van der Waals surface area contributed by atoms with E-state index in [-0.39, 0.29) is 11.6 Å². The summed E-state index contributed by atoms with van der Waals surface area (Å²) in [4.78, 5) is 11.1. The van der Waals surface area contributed by atoms with Crippen LogP contribution in [0, 0.1) is 6.20 Å². The maximum Gasteiger partial charge on any atom is 0.306 e. The topological polar surface area (TPSA) is 50.7 Å². The minimum absolute atomic E-state index is 0.114. The summed E-state index contributed by atoms with van der Waals surface area (Å²) in [7, 11) is 0. The van der Waals surface area contributed by atoms with Crippen molar-refractivity contribution in [2.24, 2.45) is 0 Å². The zero-order valence-corrected chi connectivity index (χ0v) is 8.77. The molecule has 2 aromatic rings. The Labute approximate surface area is 96.8 Å². The van der Waals surface area contributed by atoms with E-state index in [0.717, 1.165) is 0 Å². The lowest BCUT2D eigenvalue weighted by Crippen LogP contribution is -2.26. The Kier molecular flexibility index (Phi) is 3.22. The summed E-state index contributed by atoms with van der Waals surface area (Å²) in [5.41, 5.74) is -0.285. The molecular formula is C11H9F2N4. The van der Waals surface area contributed by atoms with E-state index in [1.807, 2.05) is 0 Å². The first-order valence-electron chi connectivity index (χ1n) is 4.91. The number of aromatic nitrogens is 3. The molecule has 1 radical (unpaired) electrons. The summed E-state index contributed by atoms with van der Waals surface area (Å²) in [6.07, 6.45) is 5.26. The molecule has 17 heavy (non-hydrogen) atoms. The van der Waals surface area contributed by atoms with Crippen LogP contribution in [-0.2, 0) is 5.92 Å². The summed E-state index contributed by atoms with van der Waals surface area (Å²) in [5, 5.41) is 2.44. The molecule has 2 aromatic heterocycles. The molecule has 0 spiro atoms. The molecular weight excluding hydrogens is 226 g/mol. The van der Waals surface area contributed by atoms with Crippen LogP contribution >= 0.6 is 0 Å². The molecule has 0 bridgehead atoms. The van der Waals surface area contributed by atoms with E-state index in [1.165, 1.54) is 30.6 Å². The van der Waals surface area contributed by atoms with Crippen LogP contribution in [0.3, 0.4) is 0 Å². The number of alkyl halides is 2. The number of pyridine rings is 1. The molecule has 0 aliphatic heterocycles. The number of rotatable bonds is 4. The van der Waals surface area contributed by atoms with Gasteiger partial charge in [-0.05, 0) is 18.2 Å². The van der Waals surface area contributed by atoms with Crippen LogP contribution < -0.4 is 5.32 Å². The fourth-order valence-corrected chi connectivity index (χ4v) is 1.21. The molecule has 0 saturated heterocycles. The van der Waals surface area contributed by atoms with Gasteiger partial charge in [-0.2, -0.15) is 8.78 Å². The van der Waals surface area contributed by atoms with Gasteiger partial charge in [0.1, 0.15) is 5.69 Å². The first kappa shape index (κ1) is 11.4. The fraction of sp³-hybridized carbons (Fsp3) is 0.182. The largest absolute Gasteiger partial charge is 0.348 e. The number of anilines is 1. The Morgan fingerprint density at radius 3 is 2.76 bits per heavy atom. The van der Waals surface area contributed by atoms with Gasteiger partial charge >= 0.3 is 5.92 Å². The predicted octanol–water partition coefficient (Wildman–Crippen LogP) is 1.88. The molecule has 0 amide bonds. The summed E-state index contributed by atoms with van der Waals surface area (Å²) in [6.45, 7) is -0.609. The van der Waals surface area contributed by atoms with Crippen molar-refractivity contribution in [3.8, 4) is 0 Å². The van der Waals surface area contributed by atoms with Crippen LogP contribution in [0.4, 0.5) is 14.7 Å². The van der Waals surface area contributed by atoms with Gasteiger partial charge in [0, 0.05) is 12.4 Å². The number of hydrogen-bond donors (Lipinski definition) is 1. The quantitative estimate of drug-likeness (QED) is 0.879. The van der Waals surface area contributed by atoms with E-state index >= 15 is 0 Å². The Bertz CT molecular complexity index is 461. The Morgan fingerprint density at radius 1 is 1.24 bits per heavy atom. The minimum atomic E-state index is -3.07. The van der Waals surface area contributed by atoms with Crippen LogP contribution in [0.2, 0.25) is 0 Å². The summed E-state index contributed by atoms with van der Waals surface area (Å²) >= 11 is 0. The van der Waals surface area contributed by atoms with Gasteiger partial charge in [-0.3, -0.25) is 4.98 Å². The van der Waals surface area contributed by atoms with E-state index in [4.69, 9.17) is 0 Å². The standard InChI is InChI=1S/C11H9F2N4/c12-11(13,9-4-1-2-5-14-9)8-17-10-15-6-3-7-16-10/h1-6H,8H2,(H,15,16,17). The third-order valence-electron chi connectivity index (χ3n) is 2.02. The summed E-state index contributed by atoms with van der Waals surface area (Å²) in [5.74, 6) is -2.95. The van der Waals surface area contributed by atoms with Crippen LogP contribution in [0.15, 0.2) is 36.7 Å². The highest BCUT2D eigenvalue weighted by Gasteiger charge is 2.32. The van der Waals surface area contributed by atoms with Gasteiger partial charge in [0.2, 0.25) is 5.95 Å². The van der Waals surface area contributed by atoms with Crippen molar-refractivity contribution in [3.63, 3.8) is 0 Å². The van der Waals surface area contributed by atoms with Crippen molar-refractivity contribution in [2.45, 2.75) is 5.92 Å². The zero-order chi connectivity index (χ0) is 12.1. The first-order chi connectivity index (χ1) is 8.18. The Morgan fingerprint density at radius 2 is 2.12 bits per heavy atom. The average molecular weight is 235 g/mol. The molecule has 2 rings (SSSR count). The van der Waals surface area contributed by atoms with Crippen molar-refractivity contribution in [2.75, 3.05) is 11.9 Å². The van der Waals surface area contributed by atoms with Crippen LogP contribution in [0.1, 0.15) is 5.69 Å². The molecule has 87 valence electrons. The van der Waals surface area contributed by atoms with E-state index in [2.05, 4.69) is 26.5 Å². The Balaban J connectivity index is 2.03. The highest BCUT2D eigenvalue weighted by atomic mass is 19.3. The average Bonchev–Trinajstić information content (AvgIpc) is 2.39. The second-order valence-corrected chi connectivity index (χ2v) is 3.28. The molecule has 1 N–H and O–H groups in total. The fourth-order valence-electron chi connectivity index (χ4n) is 1.21. The molecule has 2 heterocycles. The van der Waals surface area contributed by atoms with Crippen molar-refractivity contribution >= 4 is 5.95 Å². The van der Waals surface area contributed by atoms with Gasteiger partial charge in [-0.15, -0.1) is 0 Å². The van der Waals surface area contributed by atoms with Crippen LogP contribution in [-0.4, -0.2) is 21.5 Å². The molecule has 6 heteroatoms. The molecule has 0 atom stereocenters. The van der Waals surface area contributed by atoms with Gasteiger partial charge in [-0.25, -0.2) is 9.97 Å². The highest BCUT2D eigenvalue weighted by molar-refractivity contribution is 5.24. The Hall–Kier alpha value is -2.11. The van der Waals surface area contributed by atoms with Crippen LogP contribution in [0.25, 0.3) is 0 Å². The molecule has 4 nitrogen and oxygen atoms in total. The van der Waals surface area contributed by atoms with E-state index in [1.54, 1.807) is 6.07 Å². The van der Waals surface area contributed by atoms with E-state index < -0.39 is 12.5 Å². The third kappa shape index (κ3) is 2.93. The lowest BCUT2D eigenvalue weighted by atomic mass is 10.2. The first-order valence-corrected chi connectivity index (χ1v) is 4.91.